The highest BCUT2D eigenvalue weighted by molar-refractivity contribution is 7.91. The van der Waals surface area contributed by atoms with Crippen molar-refractivity contribution >= 4 is 55.2 Å². The van der Waals surface area contributed by atoms with Gasteiger partial charge in [0.1, 0.15) is 13.2 Å². The van der Waals surface area contributed by atoms with Gasteiger partial charge in [-0.1, -0.05) is 0 Å². The molecule has 2 aliphatic heterocycles. The smallest absolute Gasteiger partial charge is 0.189 e. The molecule has 144 valence electrons. The maximum Gasteiger partial charge on any atom is 0.189 e. The third-order valence-electron chi connectivity index (χ3n) is 4.16. The summed E-state index contributed by atoms with van der Waals surface area (Å²) in [5.74, 6) is 1.36. The van der Waals surface area contributed by atoms with Crippen LogP contribution in [0.3, 0.4) is 0 Å². The quantitative estimate of drug-likeness (QED) is 0.549. The molecule has 2 aliphatic rings. The molecule has 4 rings (SSSR count). The summed E-state index contributed by atoms with van der Waals surface area (Å²) in [5.41, 5.74) is 1.69. The molecule has 2 aromatic rings. The molecule has 2 N–H and O–H groups in total. The summed E-state index contributed by atoms with van der Waals surface area (Å²) in [7, 11) is -3.12. The lowest BCUT2D eigenvalue weighted by Gasteiger charge is -2.18. The number of hydrogen-bond acceptors (Lipinski definition) is 7. The lowest BCUT2D eigenvalue weighted by Crippen LogP contribution is -2.42. The van der Waals surface area contributed by atoms with Crippen molar-refractivity contribution in [3.05, 3.63) is 23.6 Å². The molecule has 1 fully saturated rings. The summed E-state index contributed by atoms with van der Waals surface area (Å²) >= 11 is 12.7. The van der Waals surface area contributed by atoms with Gasteiger partial charge in [-0.2, -0.15) is 0 Å². The lowest BCUT2D eigenvalue weighted by atomic mass is 10.1. The third-order valence-corrected chi connectivity index (χ3v) is 7.52. The molecule has 11 heteroatoms. The van der Waals surface area contributed by atoms with Gasteiger partial charge in [-0.3, -0.25) is 0 Å². The molecular weight excluding hydrogens is 430 g/mol. The lowest BCUT2D eigenvalue weighted by molar-refractivity contribution is 0.171. The first-order valence-electron chi connectivity index (χ1n) is 8.17. The monoisotopic (exact) mass is 445 g/mol. The first kappa shape index (κ1) is 18.7. The molecule has 1 saturated heterocycles. The average Bonchev–Trinajstić information content (AvgIpc) is 3.18. The Morgan fingerprint density at radius 2 is 2.04 bits per heavy atom. The Morgan fingerprint density at radius 3 is 2.78 bits per heavy atom. The number of nitrogens with one attached hydrogen (secondary N) is 2. The molecule has 0 radical (unpaired) electrons. The van der Waals surface area contributed by atoms with E-state index in [1.54, 1.807) is 0 Å². The van der Waals surface area contributed by atoms with Crippen LogP contribution in [0.15, 0.2) is 23.6 Å². The Labute approximate surface area is 171 Å². The number of ether oxygens (including phenoxy) is 2. The van der Waals surface area contributed by atoms with E-state index in [9.17, 15) is 8.42 Å². The summed E-state index contributed by atoms with van der Waals surface area (Å²) < 4.78 is 34.4. The van der Waals surface area contributed by atoms with Crippen LogP contribution in [0.4, 0.5) is 5.13 Å². The zero-order valence-corrected chi connectivity index (χ0v) is 17.2. The van der Waals surface area contributed by atoms with Crippen LogP contribution < -0.4 is 20.1 Å². The first-order chi connectivity index (χ1) is 12.9. The number of rotatable bonds is 3. The van der Waals surface area contributed by atoms with E-state index in [4.69, 9.17) is 33.3 Å². The fourth-order valence-corrected chi connectivity index (χ4v) is 6.49. The largest absolute Gasteiger partial charge is 0.486 e. The van der Waals surface area contributed by atoms with Crippen LogP contribution in [0, 0.1) is 0 Å². The summed E-state index contributed by atoms with van der Waals surface area (Å²) in [5, 5.41) is 8.25. The summed E-state index contributed by atoms with van der Waals surface area (Å²) in [6.45, 7) is 1.08. The third kappa shape index (κ3) is 4.29. The Bertz CT molecular complexity index is 979. The number of nitrogens with zero attached hydrogens (tertiary/aromatic N) is 1. The van der Waals surface area contributed by atoms with Crippen LogP contribution in [0.25, 0.3) is 11.3 Å². The van der Waals surface area contributed by atoms with E-state index in [1.807, 2.05) is 23.6 Å². The number of sulfone groups is 1. The van der Waals surface area contributed by atoms with Crippen molar-refractivity contribution in [2.24, 2.45) is 0 Å². The molecule has 0 spiro atoms. The second kappa shape index (κ2) is 7.42. The van der Waals surface area contributed by atoms with Gasteiger partial charge < -0.3 is 20.1 Å². The predicted molar refractivity (Wildman–Crippen MR) is 110 cm³/mol. The van der Waals surface area contributed by atoms with Gasteiger partial charge in [0.15, 0.2) is 31.6 Å². The summed E-state index contributed by atoms with van der Waals surface area (Å²) in [4.78, 5) is 4.52. The van der Waals surface area contributed by atoms with Crippen LogP contribution in [0.5, 0.6) is 11.5 Å². The van der Waals surface area contributed by atoms with E-state index < -0.39 is 21.3 Å². The fourth-order valence-electron chi connectivity index (χ4n) is 2.90. The number of thiazole rings is 1. The SMILES string of the molecule is O=S1(=O)C[C@@H](Cl)[C@H](NC(=S)Nc2nc(-c3ccc4c(c3)OCCO4)cs2)C1. The van der Waals surface area contributed by atoms with Crippen LogP contribution >= 0.6 is 35.2 Å². The topological polar surface area (TPSA) is 89.6 Å². The maximum atomic E-state index is 11.6. The van der Waals surface area contributed by atoms with Crippen molar-refractivity contribution in [2.75, 3.05) is 30.0 Å². The van der Waals surface area contributed by atoms with Crippen molar-refractivity contribution in [2.45, 2.75) is 11.4 Å². The second-order valence-corrected chi connectivity index (χ2v) is 10.2. The maximum absolute atomic E-state index is 11.6. The molecule has 0 amide bonds. The highest BCUT2D eigenvalue weighted by atomic mass is 35.5. The van der Waals surface area contributed by atoms with Crippen molar-refractivity contribution in [1.29, 1.82) is 0 Å². The van der Waals surface area contributed by atoms with Gasteiger partial charge in [-0.05, 0) is 30.4 Å². The van der Waals surface area contributed by atoms with Gasteiger partial charge >= 0.3 is 0 Å². The van der Waals surface area contributed by atoms with Crippen molar-refractivity contribution in [1.82, 2.24) is 10.3 Å². The molecule has 2 atom stereocenters. The number of thiocarbonyl (C=S) groups is 1. The van der Waals surface area contributed by atoms with Crippen molar-refractivity contribution < 1.29 is 17.9 Å². The van der Waals surface area contributed by atoms with E-state index in [-0.39, 0.29) is 11.5 Å². The number of halogens is 1. The standard InChI is InChI=1S/C16H16ClN3O4S3/c17-10-7-27(21,22)8-12(10)18-15(25)20-16-19-11(6-26-16)9-1-2-13-14(5-9)24-4-3-23-13/h1-2,5-6,10,12H,3-4,7-8H2,(H2,18,19,20,25)/t10-,12-/m1/s1. The Hall–Kier alpha value is -1.62. The van der Waals surface area contributed by atoms with Crippen LogP contribution in [0.2, 0.25) is 0 Å². The minimum Gasteiger partial charge on any atom is -0.486 e. The predicted octanol–water partition coefficient (Wildman–Crippen LogP) is 2.27. The fraction of sp³-hybridized carbons (Fsp3) is 0.375. The number of aromatic nitrogens is 1. The zero-order chi connectivity index (χ0) is 19.0. The van der Waals surface area contributed by atoms with Gasteiger partial charge in [0.2, 0.25) is 0 Å². The first-order valence-corrected chi connectivity index (χ1v) is 11.7. The molecule has 1 aromatic carbocycles. The van der Waals surface area contributed by atoms with Gasteiger partial charge in [-0.15, -0.1) is 22.9 Å². The summed E-state index contributed by atoms with van der Waals surface area (Å²) in [6.07, 6.45) is 0. The Kier molecular flexibility index (Phi) is 5.15. The normalized spacial score (nSPS) is 23.0. The van der Waals surface area contributed by atoms with Gasteiger partial charge in [-0.25, -0.2) is 13.4 Å². The average molecular weight is 446 g/mol. The molecule has 0 aliphatic carbocycles. The van der Waals surface area contributed by atoms with E-state index in [2.05, 4.69) is 15.6 Å². The molecule has 27 heavy (non-hydrogen) atoms. The van der Waals surface area contributed by atoms with Gasteiger partial charge in [0, 0.05) is 10.9 Å². The van der Waals surface area contributed by atoms with Crippen LogP contribution in [-0.2, 0) is 9.84 Å². The molecule has 0 bridgehead atoms. The minimum atomic E-state index is -3.12. The van der Waals surface area contributed by atoms with Gasteiger partial charge in [0.05, 0.1) is 28.6 Å². The molecule has 1 aromatic heterocycles. The molecular formula is C16H16ClN3O4S3. The van der Waals surface area contributed by atoms with E-state index in [1.165, 1.54) is 11.3 Å². The number of anilines is 1. The zero-order valence-electron chi connectivity index (χ0n) is 14.0. The highest BCUT2D eigenvalue weighted by Gasteiger charge is 2.36. The number of hydrogen-bond donors (Lipinski definition) is 2. The van der Waals surface area contributed by atoms with Crippen molar-refractivity contribution in [3.8, 4) is 22.8 Å². The molecule has 0 unspecified atom stereocenters. The summed E-state index contributed by atoms with van der Waals surface area (Å²) in [6, 6.07) is 5.27. The van der Waals surface area contributed by atoms with E-state index in [0.29, 0.717) is 29.2 Å². The molecule has 3 heterocycles. The van der Waals surface area contributed by atoms with E-state index in [0.717, 1.165) is 17.0 Å². The van der Waals surface area contributed by atoms with Crippen LogP contribution in [0.1, 0.15) is 0 Å². The molecule has 7 nitrogen and oxygen atoms in total. The minimum absolute atomic E-state index is 0.0245. The van der Waals surface area contributed by atoms with Crippen LogP contribution in [-0.4, -0.2) is 54.7 Å². The number of fused-ring (bicyclic) bond motifs is 1. The Balaban J connectivity index is 1.42. The van der Waals surface area contributed by atoms with Gasteiger partial charge in [0.25, 0.3) is 0 Å². The number of alkyl halides is 1. The highest BCUT2D eigenvalue weighted by Crippen LogP contribution is 2.35. The Morgan fingerprint density at radius 1 is 1.26 bits per heavy atom. The number of benzene rings is 1. The molecule has 0 saturated carbocycles. The van der Waals surface area contributed by atoms with Crippen molar-refractivity contribution in [3.63, 3.8) is 0 Å². The van der Waals surface area contributed by atoms with E-state index >= 15 is 0 Å². The second-order valence-electron chi connectivity index (χ2n) is 6.19.